The molecule has 0 aromatic rings. The van der Waals surface area contributed by atoms with E-state index in [-0.39, 0.29) is 0 Å². The zero-order valence-electron chi connectivity index (χ0n) is 6.11. The van der Waals surface area contributed by atoms with E-state index >= 15 is 0 Å². The van der Waals surface area contributed by atoms with Gasteiger partial charge in [-0.05, 0) is 13.3 Å². The first-order valence-corrected chi connectivity index (χ1v) is 3.34. The summed E-state index contributed by atoms with van der Waals surface area (Å²) >= 11 is 0. The summed E-state index contributed by atoms with van der Waals surface area (Å²) in [5.41, 5.74) is 0. The molecule has 0 rings (SSSR count). The van der Waals surface area contributed by atoms with Crippen LogP contribution in [0.25, 0.3) is 0 Å². The van der Waals surface area contributed by atoms with Crippen LogP contribution in [0.15, 0.2) is 0 Å². The molecule has 0 aromatic heterocycles. The van der Waals surface area contributed by atoms with Crippen LogP contribution in [0.5, 0.6) is 0 Å². The fraction of sp³-hybridized carbons (Fsp3) is 1.00. The molecule has 0 aliphatic heterocycles. The van der Waals surface area contributed by atoms with Crippen molar-refractivity contribution in [1.29, 1.82) is 0 Å². The van der Waals surface area contributed by atoms with E-state index in [4.69, 9.17) is 4.74 Å². The maximum atomic E-state index is 5.05. The van der Waals surface area contributed by atoms with E-state index in [9.17, 15) is 0 Å². The van der Waals surface area contributed by atoms with Crippen molar-refractivity contribution in [3.8, 4) is 0 Å². The summed E-state index contributed by atoms with van der Waals surface area (Å²) in [4.78, 5) is 0. The molecule has 0 bridgehead atoms. The van der Waals surface area contributed by atoms with Crippen LogP contribution in [0, 0.1) is 0 Å². The molecule has 1 nitrogen and oxygen atoms in total. The highest BCUT2D eigenvalue weighted by Gasteiger charge is 1.94. The van der Waals surface area contributed by atoms with Gasteiger partial charge < -0.3 is 4.74 Å². The summed E-state index contributed by atoms with van der Waals surface area (Å²) in [5.74, 6) is 0. The standard InChI is InChI=1S/C7H16O/c1-4-5-6-7(2)8-3/h7H,4-6H2,1-3H3. The number of hydrogen-bond acceptors (Lipinski definition) is 1. The van der Waals surface area contributed by atoms with Crippen molar-refractivity contribution in [2.24, 2.45) is 0 Å². The van der Waals surface area contributed by atoms with Crippen LogP contribution in [0.2, 0.25) is 0 Å². The zero-order chi connectivity index (χ0) is 6.41. The average Bonchev–Trinajstić information content (AvgIpc) is 1.83. The van der Waals surface area contributed by atoms with Crippen LogP contribution < -0.4 is 0 Å². The number of ether oxygens (including phenoxy) is 1. The second-order valence-corrected chi connectivity index (χ2v) is 2.19. The van der Waals surface area contributed by atoms with Crippen molar-refractivity contribution >= 4 is 0 Å². The van der Waals surface area contributed by atoms with Gasteiger partial charge in [0.1, 0.15) is 0 Å². The first kappa shape index (κ1) is 7.96. The molecule has 0 aromatic carbocycles. The molecule has 0 amide bonds. The van der Waals surface area contributed by atoms with Gasteiger partial charge in [-0.2, -0.15) is 0 Å². The minimum Gasteiger partial charge on any atom is -0.382 e. The first-order chi connectivity index (χ1) is 3.81. The Labute approximate surface area is 52.0 Å². The van der Waals surface area contributed by atoms with E-state index in [1.54, 1.807) is 7.11 Å². The molecule has 50 valence electrons. The Morgan fingerprint density at radius 2 is 2.12 bits per heavy atom. The van der Waals surface area contributed by atoms with Crippen LogP contribution >= 0.6 is 0 Å². The lowest BCUT2D eigenvalue weighted by atomic mass is 10.2. The van der Waals surface area contributed by atoms with Gasteiger partial charge >= 0.3 is 0 Å². The maximum absolute atomic E-state index is 5.05. The highest BCUT2D eigenvalue weighted by molar-refractivity contribution is 4.46. The highest BCUT2D eigenvalue weighted by Crippen LogP contribution is 2.01. The van der Waals surface area contributed by atoms with Gasteiger partial charge in [0, 0.05) is 7.11 Å². The summed E-state index contributed by atoms with van der Waals surface area (Å²) < 4.78 is 5.05. The van der Waals surface area contributed by atoms with Gasteiger partial charge in [-0.1, -0.05) is 19.8 Å². The Bertz CT molecular complexity index is 43.7. The summed E-state index contributed by atoms with van der Waals surface area (Å²) in [7, 11) is 1.76. The van der Waals surface area contributed by atoms with Crippen molar-refractivity contribution in [1.82, 2.24) is 0 Å². The normalized spacial score (nSPS) is 13.9. The maximum Gasteiger partial charge on any atom is 0.0543 e. The zero-order valence-corrected chi connectivity index (χ0v) is 6.11. The third-order valence-electron chi connectivity index (χ3n) is 1.37. The van der Waals surface area contributed by atoms with E-state index in [2.05, 4.69) is 13.8 Å². The summed E-state index contributed by atoms with van der Waals surface area (Å²) in [5, 5.41) is 0. The quantitative estimate of drug-likeness (QED) is 0.547. The monoisotopic (exact) mass is 116 g/mol. The lowest BCUT2D eigenvalue weighted by molar-refractivity contribution is 0.109. The van der Waals surface area contributed by atoms with Crippen molar-refractivity contribution < 1.29 is 4.74 Å². The molecule has 0 heterocycles. The van der Waals surface area contributed by atoms with E-state index in [1.807, 2.05) is 0 Å². The topological polar surface area (TPSA) is 9.23 Å². The second-order valence-electron chi connectivity index (χ2n) is 2.19. The van der Waals surface area contributed by atoms with Crippen molar-refractivity contribution in [3.63, 3.8) is 0 Å². The fourth-order valence-electron chi connectivity index (χ4n) is 0.609. The SMILES string of the molecule is CCCCC(C)OC. The molecule has 1 unspecified atom stereocenters. The Kier molecular flexibility index (Phi) is 5.08. The summed E-state index contributed by atoms with van der Waals surface area (Å²) in [6.45, 7) is 4.30. The number of hydrogen-bond donors (Lipinski definition) is 0. The number of unbranched alkanes of at least 4 members (excludes halogenated alkanes) is 1. The smallest absolute Gasteiger partial charge is 0.0543 e. The molecule has 0 saturated heterocycles. The molecule has 0 aliphatic rings. The Hall–Kier alpha value is -0.0400. The van der Waals surface area contributed by atoms with Crippen LogP contribution in [0.1, 0.15) is 33.1 Å². The largest absolute Gasteiger partial charge is 0.382 e. The molecule has 0 radical (unpaired) electrons. The summed E-state index contributed by atoms with van der Waals surface area (Å²) in [6.07, 6.45) is 4.21. The molecular formula is C7H16O. The van der Waals surface area contributed by atoms with Crippen molar-refractivity contribution in [2.75, 3.05) is 7.11 Å². The van der Waals surface area contributed by atoms with Crippen molar-refractivity contribution in [2.45, 2.75) is 39.2 Å². The van der Waals surface area contributed by atoms with Crippen LogP contribution in [-0.4, -0.2) is 13.2 Å². The molecule has 0 N–H and O–H groups in total. The Morgan fingerprint density at radius 3 is 2.50 bits per heavy atom. The van der Waals surface area contributed by atoms with Gasteiger partial charge in [-0.15, -0.1) is 0 Å². The van der Waals surface area contributed by atoms with E-state index in [0.717, 1.165) is 0 Å². The van der Waals surface area contributed by atoms with Gasteiger partial charge in [-0.3, -0.25) is 0 Å². The van der Waals surface area contributed by atoms with Crippen LogP contribution in [0.4, 0.5) is 0 Å². The predicted molar refractivity (Wildman–Crippen MR) is 36.0 cm³/mol. The van der Waals surface area contributed by atoms with Gasteiger partial charge in [0.2, 0.25) is 0 Å². The third kappa shape index (κ3) is 4.13. The van der Waals surface area contributed by atoms with E-state index in [1.165, 1.54) is 19.3 Å². The minimum atomic E-state index is 0.454. The predicted octanol–water partition coefficient (Wildman–Crippen LogP) is 2.21. The molecule has 0 spiro atoms. The molecule has 0 fully saturated rings. The molecular weight excluding hydrogens is 100 g/mol. The minimum absolute atomic E-state index is 0.454. The molecule has 0 saturated carbocycles. The van der Waals surface area contributed by atoms with Gasteiger partial charge in [0.05, 0.1) is 6.10 Å². The van der Waals surface area contributed by atoms with E-state index < -0.39 is 0 Å². The average molecular weight is 116 g/mol. The molecule has 0 aliphatic carbocycles. The molecule has 8 heavy (non-hydrogen) atoms. The second kappa shape index (κ2) is 5.10. The van der Waals surface area contributed by atoms with Gasteiger partial charge in [-0.25, -0.2) is 0 Å². The molecule has 1 atom stereocenters. The first-order valence-electron chi connectivity index (χ1n) is 3.34. The van der Waals surface area contributed by atoms with Crippen LogP contribution in [0.3, 0.4) is 0 Å². The van der Waals surface area contributed by atoms with Gasteiger partial charge in [0.15, 0.2) is 0 Å². The summed E-state index contributed by atoms with van der Waals surface area (Å²) in [6, 6.07) is 0. The number of rotatable bonds is 4. The molecule has 1 heteroatoms. The van der Waals surface area contributed by atoms with Gasteiger partial charge in [0.25, 0.3) is 0 Å². The van der Waals surface area contributed by atoms with Crippen LogP contribution in [-0.2, 0) is 4.74 Å². The third-order valence-corrected chi connectivity index (χ3v) is 1.37. The number of methoxy groups -OCH3 is 1. The fourth-order valence-corrected chi connectivity index (χ4v) is 0.609. The van der Waals surface area contributed by atoms with E-state index in [0.29, 0.717) is 6.10 Å². The Balaban J connectivity index is 2.86. The van der Waals surface area contributed by atoms with Crippen molar-refractivity contribution in [3.05, 3.63) is 0 Å². The lowest BCUT2D eigenvalue weighted by Crippen LogP contribution is -2.02. The Morgan fingerprint density at radius 1 is 1.50 bits per heavy atom. The highest BCUT2D eigenvalue weighted by atomic mass is 16.5. The lowest BCUT2D eigenvalue weighted by Gasteiger charge is -2.06.